The monoisotopic (exact) mass is 278 g/mol. The summed E-state index contributed by atoms with van der Waals surface area (Å²) in [5, 5.41) is 9.90. The number of carbonyl (C=O) groups is 1. The van der Waals surface area contributed by atoms with Gasteiger partial charge in [-0.1, -0.05) is 30.3 Å². The number of nitrogens with zero attached hydrogens (tertiary/aromatic N) is 2. The quantitative estimate of drug-likeness (QED) is 0.748. The predicted molar refractivity (Wildman–Crippen MR) is 82.8 cm³/mol. The summed E-state index contributed by atoms with van der Waals surface area (Å²) in [6.07, 6.45) is 6.32. The molecule has 0 atom stereocenters. The highest BCUT2D eigenvalue weighted by Crippen LogP contribution is 2.33. The molecule has 0 unspecified atom stereocenters. The maximum Gasteiger partial charge on any atom is 0.328 e. The number of benzene rings is 1. The molecule has 0 spiro atoms. The number of pyridine rings is 1. The fraction of sp³-hybridized carbons (Fsp3) is 0.0588. The van der Waals surface area contributed by atoms with Crippen LogP contribution in [0.15, 0.2) is 54.9 Å². The van der Waals surface area contributed by atoms with Crippen LogP contribution in [0.3, 0.4) is 0 Å². The van der Waals surface area contributed by atoms with Crippen molar-refractivity contribution in [1.82, 2.24) is 9.55 Å². The van der Waals surface area contributed by atoms with E-state index in [1.807, 2.05) is 48.0 Å². The molecular weight excluding hydrogens is 264 g/mol. The number of rotatable bonds is 3. The van der Waals surface area contributed by atoms with Gasteiger partial charge in [-0.3, -0.25) is 4.98 Å². The number of aryl methyl sites for hydroxylation is 1. The minimum atomic E-state index is -0.958. The molecule has 2 heterocycles. The topological polar surface area (TPSA) is 55.1 Å². The average molecular weight is 278 g/mol. The third kappa shape index (κ3) is 2.31. The second-order valence-corrected chi connectivity index (χ2v) is 4.75. The van der Waals surface area contributed by atoms with Crippen molar-refractivity contribution in [3.05, 3.63) is 60.4 Å². The Kier molecular flexibility index (Phi) is 3.28. The second-order valence-electron chi connectivity index (χ2n) is 4.75. The number of carboxylic acids is 1. The Morgan fingerprint density at radius 3 is 2.71 bits per heavy atom. The normalized spacial score (nSPS) is 11.3. The fourth-order valence-corrected chi connectivity index (χ4v) is 2.58. The van der Waals surface area contributed by atoms with Crippen molar-refractivity contribution >= 4 is 22.9 Å². The van der Waals surface area contributed by atoms with Crippen LogP contribution < -0.4 is 0 Å². The lowest BCUT2D eigenvalue weighted by molar-refractivity contribution is -0.131. The maximum absolute atomic E-state index is 10.9. The first-order chi connectivity index (χ1) is 10.2. The largest absolute Gasteiger partial charge is 0.478 e. The highest BCUT2D eigenvalue weighted by atomic mass is 16.4. The zero-order chi connectivity index (χ0) is 14.8. The van der Waals surface area contributed by atoms with Crippen molar-refractivity contribution < 1.29 is 9.90 Å². The van der Waals surface area contributed by atoms with E-state index in [1.165, 1.54) is 6.08 Å². The third-order valence-corrected chi connectivity index (χ3v) is 3.48. The molecule has 0 fully saturated rings. The molecule has 4 heteroatoms. The van der Waals surface area contributed by atoms with Gasteiger partial charge >= 0.3 is 5.97 Å². The lowest BCUT2D eigenvalue weighted by atomic mass is 10.1. The standard InChI is InChI=1S/C17H14N2O2/c1-19-15-11-18-10-9-13(15)14(7-8-16(20)21)17(19)12-5-3-2-4-6-12/h2-11H,1H3,(H,20,21)/b8-7+. The molecule has 0 radical (unpaired) electrons. The summed E-state index contributed by atoms with van der Waals surface area (Å²) in [6, 6.07) is 11.8. The van der Waals surface area contributed by atoms with Crippen LogP contribution >= 0.6 is 0 Å². The zero-order valence-corrected chi connectivity index (χ0v) is 11.5. The molecule has 4 nitrogen and oxygen atoms in total. The Morgan fingerprint density at radius 2 is 2.00 bits per heavy atom. The number of fused-ring (bicyclic) bond motifs is 1. The SMILES string of the molecule is Cn1c(-c2ccccc2)c(/C=C/C(=O)O)c2ccncc21. The lowest BCUT2D eigenvalue weighted by Crippen LogP contribution is -1.93. The molecule has 0 amide bonds. The number of aliphatic carboxylic acids is 1. The van der Waals surface area contributed by atoms with Crippen molar-refractivity contribution in [2.45, 2.75) is 0 Å². The predicted octanol–water partition coefficient (Wildman–Crippen LogP) is 3.34. The highest BCUT2D eigenvalue weighted by molar-refractivity contribution is 5.99. The molecule has 3 rings (SSSR count). The van der Waals surface area contributed by atoms with Crippen LogP contribution in [-0.4, -0.2) is 20.6 Å². The molecule has 0 bridgehead atoms. The van der Waals surface area contributed by atoms with Crippen LogP contribution in [0, 0.1) is 0 Å². The van der Waals surface area contributed by atoms with Gasteiger partial charge in [-0.05, 0) is 17.7 Å². The Labute approximate surface area is 122 Å². The molecule has 0 saturated carbocycles. The van der Waals surface area contributed by atoms with Crippen molar-refractivity contribution in [1.29, 1.82) is 0 Å². The van der Waals surface area contributed by atoms with E-state index < -0.39 is 5.97 Å². The van der Waals surface area contributed by atoms with Crippen molar-refractivity contribution in [2.75, 3.05) is 0 Å². The molecule has 0 aliphatic rings. The molecule has 2 aromatic heterocycles. The van der Waals surface area contributed by atoms with Crippen LogP contribution in [0.25, 0.3) is 28.2 Å². The van der Waals surface area contributed by atoms with Gasteiger partial charge in [-0.2, -0.15) is 0 Å². The van der Waals surface area contributed by atoms with Crippen LogP contribution in [0.5, 0.6) is 0 Å². The minimum Gasteiger partial charge on any atom is -0.478 e. The molecule has 1 aromatic carbocycles. The van der Waals surface area contributed by atoms with Gasteiger partial charge in [-0.15, -0.1) is 0 Å². The Hall–Kier alpha value is -2.88. The molecule has 1 N–H and O–H groups in total. The summed E-state index contributed by atoms with van der Waals surface area (Å²) >= 11 is 0. The van der Waals surface area contributed by atoms with Gasteiger partial charge in [0.1, 0.15) is 0 Å². The zero-order valence-electron chi connectivity index (χ0n) is 11.5. The van der Waals surface area contributed by atoms with E-state index in [9.17, 15) is 4.79 Å². The van der Waals surface area contributed by atoms with E-state index in [1.54, 1.807) is 18.5 Å². The van der Waals surface area contributed by atoms with E-state index >= 15 is 0 Å². The number of hydrogen-bond acceptors (Lipinski definition) is 2. The summed E-state index contributed by atoms with van der Waals surface area (Å²) in [7, 11) is 1.96. The first-order valence-corrected chi connectivity index (χ1v) is 6.57. The maximum atomic E-state index is 10.9. The smallest absolute Gasteiger partial charge is 0.328 e. The van der Waals surface area contributed by atoms with E-state index in [2.05, 4.69) is 4.98 Å². The molecule has 3 aromatic rings. The van der Waals surface area contributed by atoms with Gasteiger partial charge in [-0.25, -0.2) is 4.79 Å². The fourth-order valence-electron chi connectivity index (χ4n) is 2.58. The van der Waals surface area contributed by atoms with Crippen molar-refractivity contribution in [2.24, 2.45) is 7.05 Å². The van der Waals surface area contributed by atoms with Crippen LogP contribution in [0.2, 0.25) is 0 Å². The van der Waals surface area contributed by atoms with Gasteiger partial charge in [0.05, 0.1) is 17.4 Å². The number of carboxylic acid groups (broad SMARTS) is 1. The molecular formula is C17H14N2O2. The van der Waals surface area contributed by atoms with Gasteiger partial charge in [0.2, 0.25) is 0 Å². The first-order valence-electron chi connectivity index (χ1n) is 6.57. The van der Waals surface area contributed by atoms with Gasteiger partial charge in [0, 0.05) is 30.3 Å². The second kappa shape index (κ2) is 5.25. The summed E-state index contributed by atoms with van der Waals surface area (Å²) in [6.45, 7) is 0. The average Bonchev–Trinajstić information content (AvgIpc) is 2.79. The van der Waals surface area contributed by atoms with Gasteiger partial charge in [0.25, 0.3) is 0 Å². The highest BCUT2D eigenvalue weighted by Gasteiger charge is 2.14. The summed E-state index contributed by atoms with van der Waals surface area (Å²) in [5.74, 6) is -0.958. The molecule has 21 heavy (non-hydrogen) atoms. The van der Waals surface area contributed by atoms with E-state index in [0.717, 1.165) is 27.7 Å². The lowest BCUT2D eigenvalue weighted by Gasteiger charge is -2.05. The Morgan fingerprint density at radius 1 is 1.24 bits per heavy atom. The molecule has 104 valence electrons. The Bertz CT molecular complexity index is 833. The van der Waals surface area contributed by atoms with E-state index in [4.69, 9.17) is 5.11 Å². The van der Waals surface area contributed by atoms with Crippen LogP contribution in [0.1, 0.15) is 5.56 Å². The van der Waals surface area contributed by atoms with Crippen LogP contribution in [-0.2, 0) is 11.8 Å². The summed E-state index contributed by atoms with van der Waals surface area (Å²) < 4.78 is 2.04. The van der Waals surface area contributed by atoms with Crippen molar-refractivity contribution in [3.8, 4) is 11.3 Å². The summed E-state index contributed by atoms with van der Waals surface area (Å²) in [5.41, 5.74) is 3.89. The minimum absolute atomic E-state index is 0.892. The number of hydrogen-bond donors (Lipinski definition) is 1. The molecule has 0 aliphatic carbocycles. The van der Waals surface area contributed by atoms with Crippen LogP contribution in [0.4, 0.5) is 0 Å². The van der Waals surface area contributed by atoms with E-state index in [0.29, 0.717) is 0 Å². The van der Waals surface area contributed by atoms with E-state index in [-0.39, 0.29) is 0 Å². The third-order valence-electron chi connectivity index (χ3n) is 3.48. The number of aromatic nitrogens is 2. The van der Waals surface area contributed by atoms with Gasteiger partial charge in [0.15, 0.2) is 0 Å². The van der Waals surface area contributed by atoms with Crippen molar-refractivity contribution in [3.63, 3.8) is 0 Å². The molecule has 0 saturated heterocycles. The van der Waals surface area contributed by atoms with Gasteiger partial charge < -0.3 is 9.67 Å². The Balaban J connectivity index is 2.34. The summed E-state index contributed by atoms with van der Waals surface area (Å²) in [4.78, 5) is 15.0. The first kappa shape index (κ1) is 13.1. The molecule has 0 aliphatic heterocycles.